The lowest BCUT2D eigenvalue weighted by atomic mass is 10.1. The average molecular weight is 464 g/mol. The van der Waals surface area contributed by atoms with Gasteiger partial charge in [0.1, 0.15) is 5.82 Å². The van der Waals surface area contributed by atoms with Crippen LogP contribution in [0.2, 0.25) is 0 Å². The van der Waals surface area contributed by atoms with Gasteiger partial charge in [-0.3, -0.25) is 14.5 Å². The summed E-state index contributed by atoms with van der Waals surface area (Å²) in [6.07, 6.45) is -1.11. The molecule has 0 saturated carbocycles. The van der Waals surface area contributed by atoms with Gasteiger partial charge in [-0.05, 0) is 54.4 Å². The fourth-order valence-electron chi connectivity index (χ4n) is 2.91. The number of alkyl halides is 3. The smallest absolute Gasteiger partial charge is 0.311 e. The summed E-state index contributed by atoms with van der Waals surface area (Å²) in [5.74, 6) is 0.0283. The first kappa shape index (κ1) is 23.2. The van der Waals surface area contributed by atoms with Gasteiger partial charge in [0.25, 0.3) is 10.0 Å². The molecule has 0 atom stereocenters. The molecular weight excluding hydrogens is 445 g/mol. The Morgan fingerprint density at radius 3 is 2.31 bits per heavy atom. The van der Waals surface area contributed by atoms with Crippen molar-refractivity contribution in [2.45, 2.75) is 31.3 Å². The Hall–Kier alpha value is -3.47. The average Bonchev–Trinajstić information content (AvgIpc) is 2.72. The first-order chi connectivity index (χ1) is 15.0. The molecule has 0 aliphatic rings. The fraction of sp³-hybridized carbons (Fsp3) is 0.190. The zero-order valence-electron chi connectivity index (χ0n) is 17.1. The minimum atomic E-state index is -4.57. The fourth-order valence-corrected chi connectivity index (χ4v) is 3.99. The molecule has 168 valence electrons. The first-order valence-electron chi connectivity index (χ1n) is 9.42. The van der Waals surface area contributed by atoms with Gasteiger partial charge in [0.2, 0.25) is 5.91 Å². The summed E-state index contributed by atoms with van der Waals surface area (Å²) in [5.41, 5.74) is 0.903. The quantitative estimate of drug-likeness (QED) is 0.560. The van der Waals surface area contributed by atoms with Gasteiger partial charge in [0.05, 0.1) is 21.8 Å². The number of aromatic nitrogens is 2. The molecule has 3 aromatic rings. The molecule has 0 bridgehead atoms. The summed E-state index contributed by atoms with van der Waals surface area (Å²) in [6.45, 7) is 3.14. The van der Waals surface area contributed by atoms with Crippen LogP contribution in [0.4, 0.5) is 24.7 Å². The van der Waals surface area contributed by atoms with Crippen LogP contribution >= 0.6 is 0 Å². The van der Waals surface area contributed by atoms with Crippen LogP contribution < -0.4 is 10.0 Å². The molecule has 0 aliphatic heterocycles. The zero-order chi connectivity index (χ0) is 23.5. The lowest BCUT2D eigenvalue weighted by Crippen LogP contribution is -2.15. The number of pyridine rings is 2. The normalized spacial score (nSPS) is 11.8. The Kier molecular flexibility index (Phi) is 6.49. The van der Waals surface area contributed by atoms with Crippen LogP contribution in [0.5, 0.6) is 0 Å². The number of sulfonamides is 1. The summed E-state index contributed by atoms with van der Waals surface area (Å²) in [5, 5.41) is 2.56. The molecular formula is C21H19F3N4O3S. The third-order valence-electron chi connectivity index (χ3n) is 4.44. The second kappa shape index (κ2) is 8.95. The molecule has 1 amide bonds. The number of hydrogen-bond donors (Lipinski definition) is 2. The van der Waals surface area contributed by atoms with E-state index in [1.54, 1.807) is 31.3 Å². The minimum absolute atomic E-state index is 0.197. The SMILES string of the molecule is CCc1ncc(-c2ccnc(NC(C)=O)c2)cc1NS(=O)(=O)c1ccc(C(F)(F)F)cc1. The number of aryl methyl sites for hydroxylation is 1. The van der Waals surface area contributed by atoms with Gasteiger partial charge < -0.3 is 5.32 Å². The molecule has 2 aromatic heterocycles. The van der Waals surface area contributed by atoms with E-state index in [-0.39, 0.29) is 16.5 Å². The number of hydrogen-bond acceptors (Lipinski definition) is 5. The standard InChI is InChI=1S/C21H19F3N4O3S/c1-3-18-19(28-32(30,31)17-6-4-16(5-7-17)21(22,23)24)10-15(12-26-18)14-8-9-25-20(11-14)27-13(2)29/h4-12,28H,3H2,1-2H3,(H,25,27,29). The van der Waals surface area contributed by atoms with Crippen molar-refractivity contribution in [3.63, 3.8) is 0 Å². The number of benzene rings is 1. The van der Waals surface area contributed by atoms with Crippen molar-refractivity contribution in [1.82, 2.24) is 9.97 Å². The highest BCUT2D eigenvalue weighted by Crippen LogP contribution is 2.31. The molecule has 0 spiro atoms. The monoisotopic (exact) mass is 464 g/mol. The third kappa shape index (κ3) is 5.41. The summed E-state index contributed by atoms with van der Waals surface area (Å²) in [7, 11) is -4.16. The van der Waals surface area contributed by atoms with Gasteiger partial charge in [-0.25, -0.2) is 13.4 Å². The molecule has 1 aromatic carbocycles. The minimum Gasteiger partial charge on any atom is -0.311 e. The Labute approximate surface area is 182 Å². The van der Waals surface area contributed by atoms with E-state index in [0.29, 0.717) is 41.2 Å². The van der Waals surface area contributed by atoms with Crippen molar-refractivity contribution in [3.05, 3.63) is 66.1 Å². The Morgan fingerprint density at radius 2 is 1.72 bits per heavy atom. The molecule has 0 unspecified atom stereocenters. The van der Waals surface area contributed by atoms with Crippen molar-refractivity contribution in [3.8, 4) is 11.1 Å². The topological polar surface area (TPSA) is 101 Å². The van der Waals surface area contributed by atoms with Crippen molar-refractivity contribution in [1.29, 1.82) is 0 Å². The van der Waals surface area contributed by atoms with E-state index in [4.69, 9.17) is 0 Å². The van der Waals surface area contributed by atoms with Gasteiger partial charge >= 0.3 is 6.18 Å². The molecule has 3 rings (SSSR count). The number of nitrogens with one attached hydrogen (secondary N) is 2. The van der Waals surface area contributed by atoms with Crippen LogP contribution in [0, 0.1) is 0 Å². The molecule has 0 fully saturated rings. The predicted octanol–water partition coefficient (Wildman–Crippen LogP) is 4.48. The van der Waals surface area contributed by atoms with Crippen molar-refractivity contribution in [2.24, 2.45) is 0 Å². The molecule has 32 heavy (non-hydrogen) atoms. The Morgan fingerprint density at radius 1 is 1.03 bits per heavy atom. The highest BCUT2D eigenvalue weighted by molar-refractivity contribution is 7.92. The highest BCUT2D eigenvalue weighted by atomic mass is 32.2. The lowest BCUT2D eigenvalue weighted by molar-refractivity contribution is -0.137. The maximum absolute atomic E-state index is 12.8. The van der Waals surface area contributed by atoms with Crippen LogP contribution in [0.3, 0.4) is 0 Å². The Balaban J connectivity index is 1.95. The number of amides is 1. The second-order valence-electron chi connectivity index (χ2n) is 6.81. The number of nitrogens with zero attached hydrogens (tertiary/aromatic N) is 2. The number of carbonyl (C=O) groups excluding carboxylic acids is 1. The van der Waals surface area contributed by atoms with E-state index in [9.17, 15) is 26.4 Å². The van der Waals surface area contributed by atoms with Crippen LogP contribution in [0.15, 0.2) is 59.8 Å². The number of halogens is 3. The number of anilines is 2. The summed E-state index contributed by atoms with van der Waals surface area (Å²) >= 11 is 0. The maximum Gasteiger partial charge on any atom is 0.416 e. The first-order valence-corrected chi connectivity index (χ1v) is 10.9. The highest BCUT2D eigenvalue weighted by Gasteiger charge is 2.30. The molecule has 0 aliphatic carbocycles. The van der Waals surface area contributed by atoms with Gasteiger partial charge in [0, 0.05) is 24.9 Å². The Bertz CT molecular complexity index is 1240. The molecule has 0 saturated heterocycles. The molecule has 2 N–H and O–H groups in total. The molecule has 0 radical (unpaired) electrons. The largest absolute Gasteiger partial charge is 0.416 e. The molecule has 7 nitrogen and oxygen atoms in total. The molecule has 11 heteroatoms. The third-order valence-corrected chi connectivity index (χ3v) is 5.82. The van der Waals surface area contributed by atoms with E-state index < -0.39 is 21.8 Å². The summed E-state index contributed by atoms with van der Waals surface area (Å²) < 4.78 is 66.3. The van der Waals surface area contributed by atoms with Gasteiger partial charge in [-0.1, -0.05) is 6.92 Å². The summed E-state index contributed by atoms with van der Waals surface area (Å²) in [4.78, 5) is 19.3. The van der Waals surface area contributed by atoms with Gasteiger partial charge in [0.15, 0.2) is 0 Å². The van der Waals surface area contributed by atoms with Gasteiger partial charge in [-0.15, -0.1) is 0 Å². The number of rotatable bonds is 6. The van der Waals surface area contributed by atoms with Crippen LogP contribution in [-0.2, 0) is 27.4 Å². The number of carbonyl (C=O) groups is 1. The van der Waals surface area contributed by atoms with Crippen molar-refractivity contribution >= 4 is 27.4 Å². The van der Waals surface area contributed by atoms with E-state index in [0.717, 1.165) is 12.1 Å². The van der Waals surface area contributed by atoms with E-state index in [1.165, 1.54) is 13.1 Å². The summed E-state index contributed by atoms with van der Waals surface area (Å²) in [6, 6.07) is 8.07. The van der Waals surface area contributed by atoms with Crippen LogP contribution in [0.1, 0.15) is 25.1 Å². The predicted molar refractivity (Wildman–Crippen MR) is 113 cm³/mol. The van der Waals surface area contributed by atoms with Crippen LogP contribution in [0.25, 0.3) is 11.1 Å². The zero-order valence-corrected chi connectivity index (χ0v) is 17.9. The van der Waals surface area contributed by atoms with E-state index in [1.807, 2.05) is 0 Å². The van der Waals surface area contributed by atoms with Crippen molar-refractivity contribution < 1.29 is 26.4 Å². The van der Waals surface area contributed by atoms with E-state index >= 15 is 0 Å². The van der Waals surface area contributed by atoms with Crippen molar-refractivity contribution in [2.75, 3.05) is 10.0 Å². The second-order valence-corrected chi connectivity index (χ2v) is 8.49. The maximum atomic E-state index is 12.8. The van der Waals surface area contributed by atoms with Gasteiger partial charge in [-0.2, -0.15) is 13.2 Å². The van der Waals surface area contributed by atoms with E-state index in [2.05, 4.69) is 20.0 Å². The lowest BCUT2D eigenvalue weighted by Gasteiger charge is -2.14. The van der Waals surface area contributed by atoms with Crippen LogP contribution in [-0.4, -0.2) is 24.3 Å². The molecule has 2 heterocycles.